The lowest BCUT2D eigenvalue weighted by Crippen LogP contribution is -2.39. The van der Waals surface area contributed by atoms with Crippen molar-refractivity contribution >= 4 is 39.3 Å². The number of anilines is 1. The summed E-state index contributed by atoms with van der Waals surface area (Å²) in [5.41, 5.74) is 6.98. The fraction of sp³-hybridized carbons (Fsp3) is 0.500. The Hall–Kier alpha value is -0.680. The maximum absolute atomic E-state index is 12.1. The number of halogens is 1. The van der Waals surface area contributed by atoms with Gasteiger partial charge in [-0.15, -0.1) is 0 Å². The normalized spacial score (nSPS) is 11.4. The number of benzene rings is 1. The Kier molecular flexibility index (Phi) is 6.20. The summed E-state index contributed by atoms with van der Waals surface area (Å²) in [6.07, 6.45) is 4.17. The van der Waals surface area contributed by atoms with Crippen LogP contribution in [0.25, 0.3) is 0 Å². The molecule has 0 aliphatic carbocycles. The number of nitrogen functional groups attached to an aromatic ring is 1. The molecule has 1 amide bonds. The van der Waals surface area contributed by atoms with Crippen molar-refractivity contribution in [2.75, 3.05) is 18.5 Å². The largest absolute Gasteiger partial charge is 0.398 e. The molecule has 0 heterocycles. The number of hydrogen-bond donors (Lipinski definition) is 2. The number of hydrogen-bond acceptors (Lipinski definition) is 3. The fourth-order valence-electron chi connectivity index (χ4n) is 1.87. The van der Waals surface area contributed by atoms with E-state index in [1.54, 1.807) is 18.2 Å². The molecular formula is C14H21BrN2OS. The number of nitrogens with one attached hydrogen (secondary N) is 1. The molecule has 3 nitrogen and oxygen atoms in total. The van der Waals surface area contributed by atoms with E-state index in [4.69, 9.17) is 5.73 Å². The Morgan fingerprint density at radius 1 is 1.42 bits per heavy atom. The third-order valence-electron chi connectivity index (χ3n) is 3.56. The van der Waals surface area contributed by atoms with Crippen LogP contribution in [0.3, 0.4) is 0 Å². The van der Waals surface area contributed by atoms with Crippen molar-refractivity contribution in [3.05, 3.63) is 28.2 Å². The first-order valence-electron chi connectivity index (χ1n) is 6.36. The first-order chi connectivity index (χ1) is 8.98. The summed E-state index contributed by atoms with van der Waals surface area (Å²) in [6.45, 7) is 5.00. The molecule has 3 N–H and O–H groups in total. The van der Waals surface area contributed by atoms with E-state index in [1.165, 1.54) is 0 Å². The minimum absolute atomic E-state index is 0.0546. The SMILES string of the molecule is CCC(CC)(CNC(=O)c1ccc(N)c(Br)c1)SC. The molecule has 0 aromatic heterocycles. The summed E-state index contributed by atoms with van der Waals surface area (Å²) in [7, 11) is 0. The molecule has 0 fully saturated rings. The van der Waals surface area contributed by atoms with E-state index in [-0.39, 0.29) is 10.7 Å². The summed E-state index contributed by atoms with van der Waals surface area (Å²) < 4.78 is 0.878. The van der Waals surface area contributed by atoms with Crippen LogP contribution in [0.15, 0.2) is 22.7 Å². The number of nitrogens with two attached hydrogens (primary N) is 1. The monoisotopic (exact) mass is 344 g/mol. The van der Waals surface area contributed by atoms with Crippen LogP contribution < -0.4 is 11.1 Å². The van der Waals surface area contributed by atoms with Gasteiger partial charge in [0, 0.05) is 27.0 Å². The predicted octanol–water partition coefficient (Wildman–Crippen LogP) is 3.68. The van der Waals surface area contributed by atoms with Gasteiger partial charge in [-0.3, -0.25) is 4.79 Å². The molecule has 0 saturated carbocycles. The molecular weight excluding hydrogens is 324 g/mol. The first-order valence-corrected chi connectivity index (χ1v) is 8.38. The van der Waals surface area contributed by atoms with Gasteiger partial charge in [-0.25, -0.2) is 0 Å². The van der Waals surface area contributed by atoms with Crippen molar-refractivity contribution in [2.45, 2.75) is 31.4 Å². The van der Waals surface area contributed by atoms with Crippen molar-refractivity contribution in [2.24, 2.45) is 0 Å². The van der Waals surface area contributed by atoms with E-state index in [0.717, 1.165) is 17.3 Å². The third kappa shape index (κ3) is 4.14. The van der Waals surface area contributed by atoms with Gasteiger partial charge in [-0.05, 0) is 53.2 Å². The van der Waals surface area contributed by atoms with Crippen molar-refractivity contribution in [1.29, 1.82) is 0 Å². The minimum atomic E-state index is -0.0546. The lowest BCUT2D eigenvalue weighted by Gasteiger charge is -2.29. The maximum atomic E-state index is 12.1. The van der Waals surface area contributed by atoms with E-state index in [2.05, 4.69) is 41.3 Å². The number of carbonyl (C=O) groups is 1. The third-order valence-corrected chi connectivity index (χ3v) is 5.83. The molecule has 19 heavy (non-hydrogen) atoms. The molecule has 0 radical (unpaired) electrons. The number of thioether (sulfide) groups is 1. The molecule has 0 bridgehead atoms. The highest BCUT2D eigenvalue weighted by atomic mass is 79.9. The van der Waals surface area contributed by atoms with Crippen LogP contribution in [-0.4, -0.2) is 23.5 Å². The Balaban J connectivity index is 2.72. The van der Waals surface area contributed by atoms with Gasteiger partial charge in [-0.1, -0.05) is 13.8 Å². The predicted molar refractivity (Wildman–Crippen MR) is 87.7 cm³/mol. The summed E-state index contributed by atoms with van der Waals surface area (Å²) in [5, 5.41) is 3.02. The maximum Gasteiger partial charge on any atom is 0.251 e. The molecule has 106 valence electrons. The standard InChI is InChI=1S/C14H21BrN2OS/c1-4-14(5-2,19-3)9-17-13(18)10-6-7-12(16)11(15)8-10/h6-8H,4-5,9,16H2,1-3H3,(H,17,18). The van der Waals surface area contributed by atoms with Crippen LogP contribution in [0.4, 0.5) is 5.69 Å². The Morgan fingerprint density at radius 2 is 2.05 bits per heavy atom. The summed E-state index contributed by atoms with van der Waals surface area (Å²) >= 11 is 5.15. The Labute approximate surface area is 127 Å². The molecule has 0 unspecified atom stereocenters. The zero-order chi connectivity index (χ0) is 14.5. The zero-order valence-corrected chi connectivity index (χ0v) is 14.0. The van der Waals surface area contributed by atoms with Crippen molar-refractivity contribution in [3.63, 3.8) is 0 Å². The molecule has 0 atom stereocenters. The van der Waals surface area contributed by atoms with Gasteiger partial charge >= 0.3 is 0 Å². The second kappa shape index (κ2) is 7.20. The Morgan fingerprint density at radius 3 is 2.53 bits per heavy atom. The highest BCUT2D eigenvalue weighted by molar-refractivity contribution is 9.10. The van der Waals surface area contributed by atoms with Crippen LogP contribution in [0.2, 0.25) is 0 Å². The molecule has 1 rings (SSSR count). The highest BCUT2D eigenvalue weighted by Gasteiger charge is 2.25. The number of amides is 1. The quantitative estimate of drug-likeness (QED) is 0.774. The van der Waals surface area contributed by atoms with Gasteiger partial charge in [0.05, 0.1) is 0 Å². The van der Waals surface area contributed by atoms with E-state index in [9.17, 15) is 4.79 Å². The highest BCUT2D eigenvalue weighted by Crippen LogP contribution is 2.29. The Bertz CT molecular complexity index is 439. The second-order valence-electron chi connectivity index (χ2n) is 4.51. The van der Waals surface area contributed by atoms with Gasteiger partial charge in [-0.2, -0.15) is 11.8 Å². The van der Waals surface area contributed by atoms with E-state index in [0.29, 0.717) is 17.8 Å². The number of rotatable bonds is 6. The summed E-state index contributed by atoms with van der Waals surface area (Å²) in [6, 6.07) is 5.23. The molecule has 0 spiro atoms. The van der Waals surface area contributed by atoms with Crippen molar-refractivity contribution in [3.8, 4) is 0 Å². The second-order valence-corrected chi connectivity index (χ2v) is 6.64. The smallest absolute Gasteiger partial charge is 0.251 e. The van der Waals surface area contributed by atoms with E-state index >= 15 is 0 Å². The van der Waals surface area contributed by atoms with Gasteiger partial charge in [0.2, 0.25) is 0 Å². The summed E-state index contributed by atoms with van der Waals surface area (Å²) in [4.78, 5) is 12.1. The average Bonchev–Trinajstić information content (AvgIpc) is 2.43. The fourth-order valence-corrected chi connectivity index (χ4v) is 3.05. The molecule has 1 aromatic rings. The summed E-state index contributed by atoms with van der Waals surface area (Å²) in [5.74, 6) is -0.0546. The first kappa shape index (κ1) is 16.4. The average molecular weight is 345 g/mol. The molecule has 0 aliphatic rings. The van der Waals surface area contributed by atoms with Crippen LogP contribution in [0.1, 0.15) is 37.0 Å². The number of carbonyl (C=O) groups excluding carboxylic acids is 1. The lowest BCUT2D eigenvalue weighted by atomic mass is 10.0. The van der Waals surface area contributed by atoms with Gasteiger partial charge in [0.1, 0.15) is 0 Å². The lowest BCUT2D eigenvalue weighted by molar-refractivity contribution is 0.0949. The van der Waals surface area contributed by atoms with Crippen molar-refractivity contribution < 1.29 is 4.79 Å². The van der Waals surface area contributed by atoms with Crippen LogP contribution in [0, 0.1) is 0 Å². The molecule has 0 aliphatic heterocycles. The molecule has 5 heteroatoms. The van der Waals surface area contributed by atoms with E-state index in [1.807, 2.05) is 11.8 Å². The van der Waals surface area contributed by atoms with Crippen LogP contribution >= 0.6 is 27.7 Å². The molecule has 1 aromatic carbocycles. The van der Waals surface area contributed by atoms with Gasteiger partial charge in [0.15, 0.2) is 0 Å². The van der Waals surface area contributed by atoms with Gasteiger partial charge < -0.3 is 11.1 Å². The topological polar surface area (TPSA) is 55.1 Å². The molecule has 0 saturated heterocycles. The minimum Gasteiger partial charge on any atom is -0.398 e. The zero-order valence-electron chi connectivity index (χ0n) is 11.6. The van der Waals surface area contributed by atoms with Gasteiger partial charge in [0.25, 0.3) is 5.91 Å². The van der Waals surface area contributed by atoms with Crippen LogP contribution in [-0.2, 0) is 0 Å². The van der Waals surface area contributed by atoms with E-state index < -0.39 is 0 Å². The van der Waals surface area contributed by atoms with Crippen LogP contribution in [0.5, 0.6) is 0 Å². The van der Waals surface area contributed by atoms with Crippen molar-refractivity contribution in [1.82, 2.24) is 5.32 Å².